The van der Waals surface area contributed by atoms with E-state index < -0.39 is 5.60 Å². The Balaban J connectivity index is 2.21. The van der Waals surface area contributed by atoms with Crippen LogP contribution in [0.15, 0.2) is 0 Å². The molecule has 0 radical (unpaired) electrons. The number of aliphatic hydroxyl groups is 1. The molecule has 1 heterocycles. The normalized spacial score (nSPS) is 27.4. The smallest absolute Gasteiger partial charge is 0.0741 e. The van der Waals surface area contributed by atoms with Gasteiger partial charge >= 0.3 is 0 Å². The van der Waals surface area contributed by atoms with E-state index in [1.54, 1.807) is 6.92 Å². The van der Waals surface area contributed by atoms with Crippen LogP contribution in [0.2, 0.25) is 0 Å². The predicted molar refractivity (Wildman–Crippen MR) is 65.4 cm³/mol. The molecule has 2 atom stereocenters. The summed E-state index contributed by atoms with van der Waals surface area (Å²) in [5, 5.41) is 9.79. The summed E-state index contributed by atoms with van der Waals surface area (Å²) in [6.45, 7) is 8.28. The summed E-state index contributed by atoms with van der Waals surface area (Å²) in [7, 11) is 0. The lowest BCUT2D eigenvalue weighted by atomic mass is 10.0. The van der Waals surface area contributed by atoms with E-state index in [-0.39, 0.29) is 0 Å². The van der Waals surface area contributed by atoms with E-state index in [9.17, 15) is 5.11 Å². The van der Waals surface area contributed by atoms with Gasteiger partial charge in [-0.05, 0) is 39.7 Å². The molecular weight excluding hydrogens is 204 g/mol. The van der Waals surface area contributed by atoms with Crippen LogP contribution in [0.3, 0.4) is 0 Å². The molecule has 1 rings (SSSR count). The number of hydrogen-bond donors (Lipinski definition) is 2. The molecule has 0 aromatic rings. The summed E-state index contributed by atoms with van der Waals surface area (Å²) in [4.78, 5) is 2.42. The summed E-state index contributed by atoms with van der Waals surface area (Å²) < 4.78 is 5.59. The Morgan fingerprint density at radius 1 is 1.56 bits per heavy atom. The summed E-state index contributed by atoms with van der Waals surface area (Å²) in [6.07, 6.45) is 3.21. The molecule has 0 amide bonds. The zero-order valence-corrected chi connectivity index (χ0v) is 10.6. The number of rotatable bonds is 5. The summed E-state index contributed by atoms with van der Waals surface area (Å²) in [6, 6.07) is 0. The van der Waals surface area contributed by atoms with Gasteiger partial charge in [0, 0.05) is 26.2 Å². The van der Waals surface area contributed by atoms with E-state index in [4.69, 9.17) is 10.5 Å². The van der Waals surface area contributed by atoms with Crippen molar-refractivity contribution in [3.8, 4) is 0 Å². The first-order chi connectivity index (χ1) is 7.53. The molecule has 96 valence electrons. The average molecular weight is 230 g/mol. The van der Waals surface area contributed by atoms with Crippen LogP contribution in [0.25, 0.3) is 0 Å². The van der Waals surface area contributed by atoms with Crippen molar-refractivity contribution >= 4 is 0 Å². The van der Waals surface area contributed by atoms with Crippen molar-refractivity contribution in [1.82, 2.24) is 4.90 Å². The maximum absolute atomic E-state index is 9.79. The van der Waals surface area contributed by atoms with E-state index >= 15 is 0 Å². The first-order valence-corrected chi connectivity index (χ1v) is 6.30. The molecule has 4 heteroatoms. The van der Waals surface area contributed by atoms with Crippen molar-refractivity contribution in [2.45, 2.75) is 44.8 Å². The second kappa shape index (κ2) is 6.55. The minimum Gasteiger partial charge on any atom is -0.389 e. The molecule has 0 saturated carbocycles. The standard InChI is InChI=1S/C12H26N2O2/c1-11-9-14(7-4-8-16-11)6-3-5-12(2,15)10-13/h11,15H,3-10,13H2,1-2H3. The highest BCUT2D eigenvalue weighted by Crippen LogP contribution is 2.12. The first-order valence-electron chi connectivity index (χ1n) is 6.30. The Morgan fingerprint density at radius 2 is 2.31 bits per heavy atom. The van der Waals surface area contributed by atoms with Crippen LogP contribution in [-0.2, 0) is 4.74 Å². The lowest BCUT2D eigenvalue weighted by Crippen LogP contribution is -2.36. The summed E-state index contributed by atoms with van der Waals surface area (Å²) >= 11 is 0. The lowest BCUT2D eigenvalue weighted by molar-refractivity contribution is 0.0501. The van der Waals surface area contributed by atoms with Crippen molar-refractivity contribution in [2.75, 3.05) is 32.8 Å². The Morgan fingerprint density at radius 3 is 3.00 bits per heavy atom. The minimum absolute atomic E-state index is 0.331. The molecule has 4 nitrogen and oxygen atoms in total. The third-order valence-corrected chi connectivity index (χ3v) is 3.17. The van der Waals surface area contributed by atoms with E-state index in [1.807, 2.05) is 0 Å². The number of hydrogen-bond acceptors (Lipinski definition) is 4. The van der Waals surface area contributed by atoms with Crippen molar-refractivity contribution in [3.05, 3.63) is 0 Å². The maximum atomic E-state index is 9.79. The second-order valence-corrected chi connectivity index (χ2v) is 5.14. The van der Waals surface area contributed by atoms with Crippen molar-refractivity contribution in [2.24, 2.45) is 5.73 Å². The van der Waals surface area contributed by atoms with Crippen molar-refractivity contribution < 1.29 is 9.84 Å². The molecule has 0 aliphatic carbocycles. The van der Waals surface area contributed by atoms with Gasteiger partial charge in [0.05, 0.1) is 11.7 Å². The highest BCUT2D eigenvalue weighted by Gasteiger charge is 2.19. The van der Waals surface area contributed by atoms with Gasteiger partial charge in [-0.15, -0.1) is 0 Å². The number of ether oxygens (including phenoxy) is 1. The van der Waals surface area contributed by atoms with Gasteiger partial charge in [-0.1, -0.05) is 0 Å². The molecule has 2 unspecified atom stereocenters. The summed E-state index contributed by atoms with van der Waals surface area (Å²) in [5.41, 5.74) is 4.79. The Labute approximate surface area is 98.8 Å². The molecule has 3 N–H and O–H groups in total. The Bertz CT molecular complexity index is 197. The second-order valence-electron chi connectivity index (χ2n) is 5.14. The van der Waals surface area contributed by atoms with Crippen LogP contribution in [-0.4, -0.2) is 54.5 Å². The molecule has 0 bridgehead atoms. The minimum atomic E-state index is -0.700. The van der Waals surface area contributed by atoms with Gasteiger partial charge < -0.3 is 20.5 Å². The summed E-state index contributed by atoms with van der Waals surface area (Å²) in [5.74, 6) is 0. The monoisotopic (exact) mass is 230 g/mol. The number of nitrogens with zero attached hydrogens (tertiary/aromatic N) is 1. The van der Waals surface area contributed by atoms with Crippen LogP contribution >= 0.6 is 0 Å². The zero-order valence-electron chi connectivity index (χ0n) is 10.6. The molecule has 1 aliphatic rings. The molecule has 1 saturated heterocycles. The van der Waals surface area contributed by atoms with E-state index in [0.29, 0.717) is 12.6 Å². The van der Waals surface area contributed by atoms with Gasteiger partial charge in [-0.25, -0.2) is 0 Å². The first kappa shape index (κ1) is 13.9. The van der Waals surface area contributed by atoms with Crippen LogP contribution in [0, 0.1) is 0 Å². The molecule has 0 spiro atoms. The lowest BCUT2D eigenvalue weighted by Gasteiger charge is -2.25. The van der Waals surface area contributed by atoms with E-state index in [2.05, 4.69) is 11.8 Å². The quantitative estimate of drug-likeness (QED) is 0.725. The molecule has 1 aliphatic heterocycles. The molecular formula is C12H26N2O2. The van der Waals surface area contributed by atoms with Gasteiger partial charge in [-0.3, -0.25) is 0 Å². The molecule has 16 heavy (non-hydrogen) atoms. The third-order valence-electron chi connectivity index (χ3n) is 3.17. The highest BCUT2D eigenvalue weighted by molar-refractivity contribution is 4.74. The number of nitrogens with two attached hydrogens (primary N) is 1. The van der Waals surface area contributed by atoms with Gasteiger partial charge in [0.15, 0.2) is 0 Å². The fourth-order valence-corrected chi connectivity index (χ4v) is 2.07. The van der Waals surface area contributed by atoms with Crippen LogP contribution < -0.4 is 5.73 Å². The predicted octanol–water partition coefficient (Wildman–Crippen LogP) is 0.587. The largest absolute Gasteiger partial charge is 0.389 e. The molecule has 0 aromatic heterocycles. The van der Waals surface area contributed by atoms with Crippen LogP contribution in [0.5, 0.6) is 0 Å². The SMILES string of the molecule is CC1CN(CCCC(C)(O)CN)CCCO1. The van der Waals surface area contributed by atoms with E-state index in [0.717, 1.165) is 45.5 Å². The van der Waals surface area contributed by atoms with Gasteiger partial charge in [0.1, 0.15) is 0 Å². The fraction of sp³-hybridized carbons (Fsp3) is 1.00. The highest BCUT2D eigenvalue weighted by atomic mass is 16.5. The third kappa shape index (κ3) is 5.25. The fourth-order valence-electron chi connectivity index (χ4n) is 2.07. The Hall–Kier alpha value is -0.160. The van der Waals surface area contributed by atoms with Crippen LogP contribution in [0.4, 0.5) is 0 Å². The van der Waals surface area contributed by atoms with Gasteiger partial charge in [0.2, 0.25) is 0 Å². The maximum Gasteiger partial charge on any atom is 0.0741 e. The average Bonchev–Trinajstić information content (AvgIpc) is 2.43. The van der Waals surface area contributed by atoms with E-state index in [1.165, 1.54) is 0 Å². The molecule has 0 aromatic carbocycles. The van der Waals surface area contributed by atoms with Crippen molar-refractivity contribution in [1.29, 1.82) is 0 Å². The topological polar surface area (TPSA) is 58.7 Å². The zero-order chi connectivity index (χ0) is 12.0. The van der Waals surface area contributed by atoms with Gasteiger partial charge in [0.25, 0.3) is 0 Å². The van der Waals surface area contributed by atoms with Crippen molar-refractivity contribution in [3.63, 3.8) is 0 Å². The molecule has 1 fully saturated rings. The van der Waals surface area contributed by atoms with Gasteiger partial charge in [-0.2, -0.15) is 0 Å². The van der Waals surface area contributed by atoms with Crippen LogP contribution in [0.1, 0.15) is 33.1 Å². The Kier molecular flexibility index (Phi) is 5.69.